The molecule has 0 aromatic rings. The highest BCUT2D eigenvalue weighted by Gasteiger charge is 2.65. The van der Waals surface area contributed by atoms with Crippen molar-refractivity contribution in [3.05, 3.63) is 11.6 Å². The zero-order chi connectivity index (χ0) is 18.2. The van der Waals surface area contributed by atoms with Gasteiger partial charge < -0.3 is 15.3 Å². The van der Waals surface area contributed by atoms with E-state index in [-0.39, 0.29) is 29.0 Å². The monoisotopic (exact) mass is 344 g/mol. The summed E-state index contributed by atoms with van der Waals surface area (Å²) in [5, 5.41) is 31.5. The molecule has 0 saturated heterocycles. The SMILES string of the molecule is C#C[C@]1(O)CC[C@H]2[C@@H]3C(=O)C=C4[C@@H](O)[C@H](O)CC[C@]4(C)[C@H]3CC[C@@]21C. The Morgan fingerprint density at radius 3 is 2.48 bits per heavy atom. The second kappa shape index (κ2) is 5.19. The third-order valence-corrected chi connectivity index (χ3v) is 8.41. The van der Waals surface area contributed by atoms with Crippen molar-refractivity contribution in [2.24, 2.45) is 28.6 Å². The second-order valence-corrected chi connectivity index (χ2v) is 9.21. The molecule has 0 bridgehead atoms. The predicted molar refractivity (Wildman–Crippen MR) is 93.3 cm³/mol. The fraction of sp³-hybridized carbons (Fsp3) is 0.762. The van der Waals surface area contributed by atoms with Crippen LogP contribution in [0.5, 0.6) is 0 Å². The molecule has 3 fully saturated rings. The molecule has 25 heavy (non-hydrogen) atoms. The summed E-state index contributed by atoms with van der Waals surface area (Å²) in [4.78, 5) is 13.1. The van der Waals surface area contributed by atoms with E-state index in [0.717, 1.165) is 25.7 Å². The van der Waals surface area contributed by atoms with Gasteiger partial charge >= 0.3 is 0 Å². The molecule has 4 rings (SSSR count). The highest BCUT2D eigenvalue weighted by Crippen LogP contribution is 2.66. The molecule has 0 unspecified atom stereocenters. The highest BCUT2D eigenvalue weighted by molar-refractivity contribution is 5.95. The van der Waals surface area contributed by atoms with E-state index in [4.69, 9.17) is 6.42 Å². The first-order valence-corrected chi connectivity index (χ1v) is 9.50. The number of hydrogen-bond donors (Lipinski definition) is 3. The summed E-state index contributed by atoms with van der Waals surface area (Å²) in [6.07, 6.45) is 9.84. The van der Waals surface area contributed by atoms with E-state index in [2.05, 4.69) is 19.8 Å². The van der Waals surface area contributed by atoms with Crippen LogP contribution < -0.4 is 0 Å². The Kier molecular flexibility index (Phi) is 3.59. The molecule has 0 radical (unpaired) electrons. The van der Waals surface area contributed by atoms with Gasteiger partial charge in [0.15, 0.2) is 5.78 Å². The van der Waals surface area contributed by atoms with Crippen molar-refractivity contribution in [2.45, 2.75) is 70.2 Å². The molecule has 4 aliphatic rings. The molecule has 0 aliphatic heterocycles. The van der Waals surface area contributed by atoms with Gasteiger partial charge in [0.05, 0.1) is 6.10 Å². The number of fused-ring (bicyclic) bond motifs is 5. The Labute approximate surface area is 149 Å². The first-order chi connectivity index (χ1) is 11.7. The number of hydrogen-bond acceptors (Lipinski definition) is 4. The van der Waals surface area contributed by atoms with Crippen LogP contribution in [0.2, 0.25) is 0 Å². The molecule has 0 amide bonds. The molecular weight excluding hydrogens is 316 g/mol. The summed E-state index contributed by atoms with van der Waals surface area (Å²) in [5.74, 6) is 2.76. The maximum atomic E-state index is 13.1. The minimum Gasteiger partial charge on any atom is -0.390 e. The van der Waals surface area contributed by atoms with Crippen LogP contribution in [0.15, 0.2) is 11.6 Å². The fourth-order valence-corrected chi connectivity index (χ4v) is 6.70. The molecule has 4 aliphatic carbocycles. The highest BCUT2D eigenvalue weighted by atomic mass is 16.3. The Morgan fingerprint density at radius 1 is 1.12 bits per heavy atom. The first kappa shape index (κ1) is 17.3. The number of rotatable bonds is 0. The van der Waals surface area contributed by atoms with Gasteiger partial charge in [-0.25, -0.2) is 0 Å². The number of carbonyl (C=O) groups is 1. The van der Waals surface area contributed by atoms with Crippen LogP contribution in [-0.4, -0.2) is 38.9 Å². The summed E-state index contributed by atoms with van der Waals surface area (Å²) >= 11 is 0. The fourth-order valence-electron chi connectivity index (χ4n) is 6.70. The van der Waals surface area contributed by atoms with E-state index in [1.165, 1.54) is 0 Å². The molecule has 0 aromatic carbocycles. The van der Waals surface area contributed by atoms with Crippen molar-refractivity contribution in [2.75, 3.05) is 0 Å². The summed E-state index contributed by atoms with van der Waals surface area (Å²) < 4.78 is 0. The summed E-state index contributed by atoms with van der Waals surface area (Å²) in [5.41, 5.74) is -1.09. The lowest BCUT2D eigenvalue weighted by atomic mass is 9.46. The normalized spacial score (nSPS) is 54.8. The molecule has 4 nitrogen and oxygen atoms in total. The van der Waals surface area contributed by atoms with Gasteiger partial charge in [0.1, 0.15) is 11.7 Å². The number of aliphatic hydroxyl groups excluding tert-OH is 2. The zero-order valence-electron chi connectivity index (χ0n) is 15.0. The van der Waals surface area contributed by atoms with Gasteiger partial charge in [-0.2, -0.15) is 0 Å². The quantitative estimate of drug-likeness (QED) is 0.586. The molecule has 4 heteroatoms. The molecule has 0 heterocycles. The standard InChI is InChI=1S/C21H28O4/c1-4-21(25)10-6-13-17-12(5-9-20(13,21)3)19(2)8-7-15(22)18(24)14(19)11-16(17)23/h1,11-13,15,17-18,22,24-25H,5-10H2,2-3H3/t12-,13-,15+,17+,18+,19+,20-,21-/m0/s1. The lowest BCUT2D eigenvalue weighted by Gasteiger charge is -2.58. The van der Waals surface area contributed by atoms with Crippen LogP contribution in [0.1, 0.15) is 52.4 Å². The average Bonchev–Trinajstić information content (AvgIpc) is 2.86. The van der Waals surface area contributed by atoms with E-state index in [9.17, 15) is 20.1 Å². The predicted octanol–water partition coefficient (Wildman–Crippen LogP) is 1.82. The minimum atomic E-state index is -1.13. The van der Waals surface area contributed by atoms with Crippen LogP contribution in [0.4, 0.5) is 0 Å². The maximum Gasteiger partial charge on any atom is 0.159 e. The largest absolute Gasteiger partial charge is 0.390 e. The number of aliphatic hydroxyl groups is 3. The van der Waals surface area contributed by atoms with Crippen molar-refractivity contribution >= 4 is 5.78 Å². The number of allylic oxidation sites excluding steroid dienone is 1. The molecule has 3 N–H and O–H groups in total. The molecule has 0 spiro atoms. The van der Waals surface area contributed by atoms with Crippen molar-refractivity contribution in [3.63, 3.8) is 0 Å². The van der Waals surface area contributed by atoms with Crippen molar-refractivity contribution in [1.82, 2.24) is 0 Å². The molecule has 0 aromatic heterocycles. The van der Waals surface area contributed by atoms with Gasteiger partial charge in [-0.05, 0) is 67.4 Å². The van der Waals surface area contributed by atoms with Crippen LogP contribution in [0.25, 0.3) is 0 Å². The van der Waals surface area contributed by atoms with E-state index in [1.807, 2.05) is 0 Å². The zero-order valence-corrected chi connectivity index (χ0v) is 15.0. The van der Waals surface area contributed by atoms with Crippen molar-refractivity contribution < 1.29 is 20.1 Å². The Morgan fingerprint density at radius 2 is 1.80 bits per heavy atom. The lowest BCUT2D eigenvalue weighted by molar-refractivity contribution is -0.143. The van der Waals surface area contributed by atoms with Crippen LogP contribution in [0.3, 0.4) is 0 Å². The van der Waals surface area contributed by atoms with Gasteiger partial charge in [-0.15, -0.1) is 6.42 Å². The molecule has 8 atom stereocenters. The van der Waals surface area contributed by atoms with Crippen molar-refractivity contribution in [1.29, 1.82) is 0 Å². The van der Waals surface area contributed by atoms with Gasteiger partial charge in [-0.3, -0.25) is 4.79 Å². The van der Waals surface area contributed by atoms with Gasteiger partial charge in [0, 0.05) is 11.3 Å². The number of ketones is 1. The van der Waals surface area contributed by atoms with Crippen LogP contribution in [0, 0.1) is 40.9 Å². The van der Waals surface area contributed by atoms with Gasteiger partial charge in [-0.1, -0.05) is 19.8 Å². The van der Waals surface area contributed by atoms with Crippen molar-refractivity contribution in [3.8, 4) is 12.3 Å². The minimum absolute atomic E-state index is 0.0443. The summed E-state index contributed by atoms with van der Waals surface area (Å²) in [6, 6.07) is 0. The van der Waals surface area contributed by atoms with E-state index in [0.29, 0.717) is 18.4 Å². The van der Waals surface area contributed by atoms with E-state index < -0.39 is 23.2 Å². The molecular formula is C21H28O4. The lowest BCUT2D eigenvalue weighted by Crippen LogP contribution is -2.58. The Hall–Kier alpha value is -1.15. The Balaban J connectivity index is 1.78. The van der Waals surface area contributed by atoms with Gasteiger partial charge in [0.2, 0.25) is 0 Å². The first-order valence-electron chi connectivity index (χ1n) is 9.50. The van der Waals surface area contributed by atoms with E-state index >= 15 is 0 Å². The molecule has 136 valence electrons. The third kappa shape index (κ3) is 1.98. The number of terminal acetylenes is 1. The van der Waals surface area contributed by atoms with Gasteiger partial charge in [0.25, 0.3) is 0 Å². The summed E-state index contributed by atoms with van der Waals surface area (Å²) in [7, 11) is 0. The van der Waals surface area contributed by atoms with E-state index in [1.54, 1.807) is 6.08 Å². The maximum absolute atomic E-state index is 13.1. The van der Waals surface area contributed by atoms with Crippen LogP contribution >= 0.6 is 0 Å². The molecule has 3 saturated carbocycles. The average molecular weight is 344 g/mol. The second-order valence-electron chi connectivity index (χ2n) is 9.21. The third-order valence-electron chi connectivity index (χ3n) is 8.41. The topological polar surface area (TPSA) is 77.8 Å². The van der Waals surface area contributed by atoms with Crippen LogP contribution in [-0.2, 0) is 4.79 Å². The Bertz CT molecular complexity index is 690. The number of carbonyl (C=O) groups excluding carboxylic acids is 1. The summed E-state index contributed by atoms with van der Waals surface area (Å²) in [6.45, 7) is 4.19. The smallest absolute Gasteiger partial charge is 0.159 e.